The second-order valence-electron chi connectivity index (χ2n) is 5.30. The van der Waals surface area contributed by atoms with Gasteiger partial charge in [-0.15, -0.1) is 11.3 Å². The van der Waals surface area contributed by atoms with Crippen LogP contribution in [0, 0.1) is 0 Å². The number of ether oxygens (including phenoxy) is 1. The van der Waals surface area contributed by atoms with E-state index in [1.165, 1.54) is 0 Å². The Hall–Kier alpha value is -2.93. The molecule has 0 radical (unpaired) electrons. The number of benzene rings is 2. The molecule has 0 spiro atoms. The minimum Gasteiger partial charge on any atom is -0.497 e. The molecule has 25 heavy (non-hydrogen) atoms. The molecular formula is C18H18N4O2S. The number of hydrazone groups is 1. The highest BCUT2D eigenvalue weighted by atomic mass is 32.1. The van der Waals surface area contributed by atoms with Crippen LogP contribution >= 0.6 is 11.3 Å². The molecule has 0 aliphatic heterocycles. The lowest BCUT2D eigenvalue weighted by Crippen LogP contribution is -2.26. The Morgan fingerprint density at radius 1 is 1.24 bits per heavy atom. The van der Waals surface area contributed by atoms with E-state index in [0.717, 1.165) is 26.7 Å². The van der Waals surface area contributed by atoms with Gasteiger partial charge in [0.25, 0.3) is 5.91 Å². The average molecular weight is 354 g/mol. The number of fused-ring (bicyclic) bond motifs is 1. The monoisotopic (exact) mass is 354 g/mol. The van der Waals surface area contributed by atoms with Gasteiger partial charge in [-0.05, 0) is 31.2 Å². The van der Waals surface area contributed by atoms with Crippen LogP contribution in [0.4, 0.5) is 5.69 Å². The average Bonchev–Trinajstić information content (AvgIpc) is 3.09. The lowest BCUT2D eigenvalue weighted by atomic mass is 10.3. The van der Waals surface area contributed by atoms with Crippen molar-refractivity contribution < 1.29 is 9.53 Å². The highest BCUT2D eigenvalue weighted by Gasteiger charge is 2.07. The van der Waals surface area contributed by atoms with Gasteiger partial charge in [0.2, 0.25) is 0 Å². The first-order chi connectivity index (χ1) is 12.2. The molecule has 1 aromatic heterocycles. The van der Waals surface area contributed by atoms with Gasteiger partial charge in [0.15, 0.2) is 0 Å². The Morgan fingerprint density at radius 2 is 2.08 bits per heavy atom. The second kappa shape index (κ2) is 7.76. The summed E-state index contributed by atoms with van der Waals surface area (Å²) in [5.41, 5.74) is 4.96. The van der Waals surface area contributed by atoms with E-state index in [9.17, 15) is 4.79 Å². The summed E-state index contributed by atoms with van der Waals surface area (Å²) in [6.07, 6.45) is 0. The van der Waals surface area contributed by atoms with Crippen molar-refractivity contribution in [1.82, 2.24) is 10.4 Å². The van der Waals surface area contributed by atoms with Gasteiger partial charge in [-0.1, -0.05) is 18.2 Å². The molecule has 0 atom stereocenters. The number of hydrogen-bond acceptors (Lipinski definition) is 6. The quantitative estimate of drug-likeness (QED) is 0.526. The second-order valence-corrected chi connectivity index (χ2v) is 6.34. The van der Waals surface area contributed by atoms with E-state index in [4.69, 9.17) is 4.74 Å². The Kier molecular flexibility index (Phi) is 5.25. The van der Waals surface area contributed by atoms with Gasteiger partial charge in [0, 0.05) is 11.8 Å². The van der Waals surface area contributed by atoms with Crippen LogP contribution < -0.4 is 15.5 Å². The minimum absolute atomic E-state index is 0.115. The first-order valence-electron chi connectivity index (χ1n) is 7.72. The summed E-state index contributed by atoms with van der Waals surface area (Å²) in [7, 11) is 1.60. The van der Waals surface area contributed by atoms with Crippen molar-refractivity contribution in [2.75, 3.05) is 19.0 Å². The standard InChI is InChI=1S/C18H18N4O2S/c1-12(18-20-15-8-3-4-9-16(15)25-18)21-22-17(23)11-19-13-6-5-7-14(10-13)24-2/h3-10,19H,11H2,1-2H3,(H,22,23)/b21-12-. The molecule has 0 saturated carbocycles. The molecule has 1 amide bonds. The number of anilines is 1. The zero-order valence-electron chi connectivity index (χ0n) is 13.9. The molecule has 0 fully saturated rings. The summed E-state index contributed by atoms with van der Waals surface area (Å²) in [5, 5.41) is 7.96. The van der Waals surface area contributed by atoms with Crippen molar-refractivity contribution in [3.8, 4) is 5.75 Å². The highest BCUT2D eigenvalue weighted by molar-refractivity contribution is 7.20. The molecule has 2 aromatic carbocycles. The number of para-hydroxylation sites is 1. The molecule has 0 saturated heterocycles. The number of nitrogens with one attached hydrogen (secondary N) is 2. The van der Waals surface area contributed by atoms with Crippen molar-refractivity contribution in [2.45, 2.75) is 6.92 Å². The molecule has 3 aromatic rings. The predicted octanol–water partition coefficient (Wildman–Crippen LogP) is 3.26. The smallest absolute Gasteiger partial charge is 0.259 e. The van der Waals surface area contributed by atoms with Gasteiger partial charge >= 0.3 is 0 Å². The Balaban J connectivity index is 1.57. The summed E-state index contributed by atoms with van der Waals surface area (Å²) in [6.45, 7) is 1.94. The number of aromatic nitrogens is 1. The van der Waals surface area contributed by atoms with E-state index in [2.05, 4.69) is 20.8 Å². The van der Waals surface area contributed by atoms with E-state index in [-0.39, 0.29) is 12.5 Å². The molecule has 0 aliphatic carbocycles. The maximum atomic E-state index is 11.9. The van der Waals surface area contributed by atoms with Crippen molar-refractivity contribution >= 4 is 38.9 Å². The number of nitrogens with zero attached hydrogens (tertiary/aromatic N) is 2. The molecule has 128 valence electrons. The third kappa shape index (κ3) is 4.33. The van der Waals surface area contributed by atoms with E-state index < -0.39 is 0 Å². The van der Waals surface area contributed by atoms with Crippen LogP contribution in [0.3, 0.4) is 0 Å². The van der Waals surface area contributed by atoms with Crippen LogP contribution in [0.5, 0.6) is 5.75 Å². The summed E-state index contributed by atoms with van der Waals surface area (Å²) < 4.78 is 6.24. The third-order valence-electron chi connectivity index (χ3n) is 3.47. The number of carbonyl (C=O) groups excluding carboxylic acids is 1. The van der Waals surface area contributed by atoms with Gasteiger partial charge < -0.3 is 10.1 Å². The summed E-state index contributed by atoms with van der Waals surface area (Å²) in [6, 6.07) is 15.3. The van der Waals surface area contributed by atoms with E-state index in [1.54, 1.807) is 18.4 Å². The zero-order valence-corrected chi connectivity index (χ0v) is 14.8. The molecule has 0 unspecified atom stereocenters. The van der Waals surface area contributed by atoms with Crippen molar-refractivity contribution in [3.05, 3.63) is 53.5 Å². The first-order valence-corrected chi connectivity index (χ1v) is 8.54. The Labute approximate surface area is 149 Å². The molecule has 0 aliphatic rings. The number of thiazole rings is 1. The van der Waals surface area contributed by atoms with Crippen molar-refractivity contribution in [2.24, 2.45) is 5.10 Å². The fourth-order valence-corrected chi connectivity index (χ4v) is 3.09. The van der Waals surface area contributed by atoms with Gasteiger partial charge in [0.1, 0.15) is 10.8 Å². The topological polar surface area (TPSA) is 75.6 Å². The SMILES string of the molecule is COc1cccc(NCC(=O)N/N=C(/C)c2nc3ccccc3s2)c1. The number of rotatable bonds is 6. The lowest BCUT2D eigenvalue weighted by Gasteiger charge is -2.07. The Morgan fingerprint density at radius 3 is 2.88 bits per heavy atom. The normalized spacial score (nSPS) is 11.4. The first kappa shape index (κ1) is 16.9. The molecular weight excluding hydrogens is 336 g/mol. The molecule has 3 rings (SSSR count). The molecule has 2 N–H and O–H groups in total. The predicted molar refractivity (Wildman–Crippen MR) is 101 cm³/mol. The molecule has 0 bridgehead atoms. The van der Waals surface area contributed by atoms with Gasteiger partial charge in [-0.3, -0.25) is 4.79 Å². The van der Waals surface area contributed by atoms with Crippen LogP contribution in [0.1, 0.15) is 11.9 Å². The number of hydrogen-bond donors (Lipinski definition) is 2. The molecule has 6 nitrogen and oxygen atoms in total. The van der Waals surface area contributed by atoms with Gasteiger partial charge in [0.05, 0.1) is 29.6 Å². The van der Waals surface area contributed by atoms with E-state index in [0.29, 0.717) is 5.71 Å². The lowest BCUT2D eigenvalue weighted by molar-refractivity contribution is -0.119. The minimum atomic E-state index is -0.233. The van der Waals surface area contributed by atoms with E-state index in [1.807, 2.05) is 55.5 Å². The molecule has 7 heteroatoms. The van der Waals surface area contributed by atoms with Gasteiger partial charge in [-0.25, -0.2) is 10.4 Å². The van der Waals surface area contributed by atoms with Crippen LogP contribution in [0.25, 0.3) is 10.2 Å². The van der Waals surface area contributed by atoms with Crippen LogP contribution in [0.15, 0.2) is 53.6 Å². The van der Waals surface area contributed by atoms with Crippen molar-refractivity contribution in [3.63, 3.8) is 0 Å². The maximum absolute atomic E-state index is 11.9. The number of amides is 1. The Bertz CT molecular complexity index is 887. The summed E-state index contributed by atoms with van der Waals surface area (Å²) >= 11 is 1.55. The highest BCUT2D eigenvalue weighted by Crippen LogP contribution is 2.21. The van der Waals surface area contributed by atoms with Crippen LogP contribution in [-0.4, -0.2) is 30.3 Å². The fraction of sp³-hybridized carbons (Fsp3) is 0.167. The summed E-state index contributed by atoms with van der Waals surface area (Å²) in [4.78, 5) is 16.5. The third-order valence-corrected chi connectivity index (χ3v) is 4.62. The fourth-order valence-electron chi connectivity index (χ4n) is 2.18. The maximum Gasteiger partial charge on any atom is 0.259 e. The van der Waals surface area contributed by atoms with Crippen LogP contribution in [-0.2, 0) is 4.79 Å². The molecule has 1 heterocycles. The van der Waals surface area contributed by atoms with Crippen LogP contribution in [0.2, 0.25) is 0 Å². The zero-order chi connectivity index (χ0) is 17.6. The van der Waals surface area contributed by atoms with E-state index >= 15 is 0 Å². The number of methoxy groups -OCH3 is 1. The van der Waals surface area contributed by atoms with Gasteiger partial charge in [-0.2, -0.15) is 5.10 Å². The summed E-state index contributed by atoms with van der Waals surface area (Å²) in [5.74, 6) is 0.499. The van der Waals surface area contributed by atoms with Crippen molar-refractivity contribution in [1.29, 1.82) is 0 Å². The largest absolute Gasteiger partial charge is 0.497 e. The number of carbonyl (C=O) groups is 1.